The molecule has 0 saturated carbocycles. The maximum atomic E-state index is 11.6. The van der Waals surface area contributed by atoms with Gasteiger partial charge in [-0.05, 0) is 39.0 Å². The van der Waals surface area contributed by atoms with E-state index in [0.717, 1.165) is 13.2 Å². The molecule has 0 amide bonds. The second kappa shape index (κ2) is 6.84. The van der Waals surface area contributed by atoms with E-state index in [4.69, 9.17) is 4.74 Å². The van der Waals surface area contributed by atoms with Gasteiger partial charge in [-0.3, -0.25) is 10.1 Å². The van der Waals surface area contributed by atoms with E-state index in [1.54, 1.807) is 20.8 Å². The third-order valence-corrected chi connectivity index (χ3v) is 2.46. The van der Waals surface area contributed by atoms with Gasteiger partial charge in [-0.25, -0.2) is 9.59 Å². The zero-order valence-electron chi connectivity index (χ0n) is 12.8. The summed E-state index contributed by atoms with van der Waals surface area (Å²) in [5.41, 5.74) is -1.16. The fourth-order valence-corrected chi connectivity index (χ4v) is 1.67. The molecule has 0 aromatic heterocycles. The first-order valence-corrected chi connectivity index (χ1v) is 6.42. The molecule has 0 N–H and O–H groups in total. The summed E-state index contributed by atoms with van der Waals surface area (Å²) < 4.78 is 9.59. The molecule has 7 nitrogen and oxygen atoms in total. The van der Waals surface area contributed by atoms with Crippen molar-refractivity contribution in [2.24, 2.45) is 0 Å². The van der Waals surface area contributed by atoms with Crippen LogP contribution in [-0.4, -0.2) is 29.6 Å². The molecule has 118 valence electrons. The fourth-order valence-electron chi connectivity index (χ4n) is 1.67. The third-order valence-electron chi connectivity index (χ3n) is 2.46. The van der Waals surface area contributed by atoms with E-state index in [1.807, 2.05) is 0 Å². The lowest BCUT2D eigenvalue weighted by molar-refractivity contribution is -0.385. The first-order chi connectivity index (χ1) is 10.2. The fraction of sp³-hybridized carbons (Fsp3) is 0.333. The Labute approximate surface area is 127 Å². The highest BCUT2D eigenvalue weighted by Crippen LogP contribution is 2.25. The van der Waals surface area contributed by atoms with Gasteiger partial charge in [0, 0.05) is 6.08 Å². The molecule has 1 aromatic carbocycles. The standard InChI is InChI=1S/C15H17NO6/c1-15(2,3)22-12(17)9-8-10-6-5-7-11(14(18)21-4)13(10)16(19)20/h5-9H,1-4H3/b9-8+. The molecule has 1 aromatic rings. The first-order valence-electron chi connectivity index (χ1n) is 6.42. The summed E-state index contributed by atoms with van der Waals surface area (Å²) in [5, 5.41) is 11.2. The van der Waals surface area contributed by atoms with Crippen LogP contribution in [0.15, 0.2) is 24.3 Å². The van der Waals surface area contributed by atoms with Crippen LogP contribution >= 0.6 is 0 Å². The molecule has 0 aliphatic heterocycles. The van der Waals surface area contributed by atoms with E-state index in [9.17, 15) is 19.7 Å². The van der Waals surface area contributed by atoms with Crippen LogP contribution in [0.4, 0.5) is 5.69 Å². The SMILES string of the molecule is COC(=O)c1cccc(/C=C/C(=O)OC(C)(C)C)c1[N+](=O)[O-]. The summed E-state index contributed by atoms with van der Waals surface area (Å²) in [6, 6.07) is 4.17. The molecule has 1 rings (SSSR count). The van der Waals surface area contributed by atoms with Crippen LogP contribution in [0, 0.1) is 10.1 Å². The summed E-state index contributed by atoms with van der Waals surface area (Å²) in [7, 11) is 1.13. The highest BCUT2D eigenvalue weighted by Gasteiger charge is 2.24. The number of nitro groups is 1. The summed E-state index contributed by atoms with van der Waals surface area (Å²) in [6.45, 7) is 5.12. The molecule has 0 aliphatic carbocycles. The molecular weight excluding hydrogens is 290 g/mol. The molecule has 0 fully saturated rings. The molecule has 0 atom stereocenters. The number of ether oxygens (including phenoxy) is 2. The Kier molecular flexibility index (Phi) is 5.39. The molecule has 0 aliphatic rings. The first kappa shape index (κ1) is 17.4. The molecule has 22 heavy (non-hydrogen) atoms. The van der Waals surface area contributed by atoms with Crippen molar-refractivity contribution in [1.29, 1.82) is 0 Å². The van der Waals surface area contributed by atoms with Gasteiger partial charge in [0.2, 0.25) is 0 Å². The molecule has 7 heteroatoms. The van der Waals surface area contributed by atoms with Gasteiger partial charge in [-0.15, -0.1) is 0 Å². The van der Waals surface area contributed by atoms with Crippen molar-refractivity contribution in [1.82, 2.24) is 0 Å². The number of hydrogen-bond acceptors (Lipinski definition) is 6. The van der Waals surface area contributed by atoms with Gasteiger partial charge in [0.25, 0.3) is 5.69 Å². The quantitative estimate of drug-likeness (QED) is 0.367. The van der Waals surface area contributed by atoms with Gasteiger partial charge < -0.3 is 9.47 Å². The Balaban J connectivity index is 3.17. The number of hydrogen-bond donors (Lipinski definition) is 0. The van der Waals surface area contributed by atoms with E-state index in [-0.39, 0.29) is 11.1 Å². The largest absolute Gasteiger partial charge is 0.465 e. The van der Waals surface area contributed by atoms with E-state index in [0.29, 0.717) is 0 Å². The minimum atomic E-state index is -0.820. The van der Waals surface area contributed by atoms with E-state index >= 15 is 0 Å². The van der Waals surface area contributed by atoms with Crippen molar-refractivity contribution >= 4 is 23.7 Å². The number of nitro benzene ring substituents is 1. The van der Waals surface area contributed by atoms with Gasteiger partial charge in [-0.1, -0.05) is 6.07 Å². The lowest BCUT2D eigenvalue weighted by atomic mass is 10.1. The van der Waals surface area contributed by atoms with Crippen LogP contribution in [0.1, 0.15) is 36.7 Å². The number of para-hydroxylation sites is 1. The predicted octanol–water partition coefficient (Wildman–Crippen LogP) is 2.74. The monoisotopic (exact) mass is 307 g/mol. The normalized spacial score (nSPS) is 11.3. The second-order valence-corrected chi connectivity index (χ2v) is 5.36. The van der Waals surface area contributed by atoms with Crippen LogP contribution in [0.2, 0.25) is 0 Å². The van der Waals surface area contributed by atoms with E-state index < -0.39 is 28.2 Å². The number of methoxy groups -OCH3 is 1. The average Bonchev–Trinajstić information content (AvgIpc) is 2.41. The number of nitrogens with zero attached hydrogens (tertiary/aromatic N) is 1. The Bertz CT molecular complexity index is 627. The smallest absolute Gasteiger partial charge is 0.344 e. The second-order valence-electron chi connectivity index (χ2n) is 5.36. The Morgan fingerprint density at radius 2 is 1.91 bits per heavy atom. The Hall–Kier alpha value is -2.70. The molecule has 0 heterocycles. The highest BCUT2D eigenvalue weighted by atomic mass is 16.6. The number of rotatable bonds is 4. The molecule has 0 spiro atoms. The minimum absolute atomic E-state index is 0.110. The molecular formula is C15H17NO6. The topological polar surface area (TPSA) is 95.7 Å². The molecule has 0 radical (unpaired) electrons. The summed E-state index contributed by atoms with van der Waals surface area (Å²) in [6.07, 6.45) is 2.31. The highest BCUT2D eigenvalue weighted by molar-refractivity contribution is 5.96. The van der Waals surface area contributed by atoms with Gasteiger partial charge >= 0.3 is 11.9 Å². The van der Waals surface area contributed by atoms with Crippen molar-refractivity contribution in [2.75, 3.05) is 7.11 Å². The molecule has 0 unspecified atom stereocenters. The lowest BCUT2D eigenvalue weighted by Gasteiger charge is -2.17. The average molecular weight is 307 g/mol. The van der Waals surface area contributed by atoms with Gasteiger partial charge in [0.05, 0.1) is 17.6 Å². The Morgan fingerprint density at radius 3 is 2.41 bits per heavy atom. The van der Waals surface area contributed by atoms with Crippen molar-refractivity contribution in [3.05, 3.63) is 45.5 Å². The summed E-state index contributed by atoms with van der Waals surface area (Å²) in [4.78, 5) is 33.7. The van der Waals surface area contributed by atoms with Crippen molar-refractivity contribution in [3.8, 4) is 0 Å². The van der Waals surface area contributed by atoms with Gasteiger partial charge in [0.1, 0.15) is 11.2 Å². The van der Waals surface area contributed by atoms with Crippen LogP contribution < -0.4 is 0 Å². The zero-order valence-corrected chi connectivity index (χ0v) is 12.8. The summed E-state index contributed by atoms with van der Waals surface area (Å²) >= 11 is 0. The number of carbonyl (C=O) groups excluding carboxylic acids is 2. The lowest BCUT2D eigenvalue weighted by Crippen LogP contribution is -2.22. The van der Waals surface area contributed by atoms with Crippen molar-refractivity contribution in [3.63, 3.8) is 0 Å². The zero-order chi connectivity index (χ0) is 16.9. The predicted molar refractivity (Wildman–Crippen MR) is 79.3 cm³/mol. The van der Waals surface area contributed by atoms with E-state index in [2.05, 4.69) is 4.74 Å². The minimum Gasteiger partial charge on any atom is -0.465 e. The number of esters is 2. The van der Waals surface area contributed by atoms with Crippen LogP contribution in [0.25, 0.3) is 6.08 Å². The number of carbonyl (C=O) groups is 2. The van der Waals surface area contributed by atoms with Gasteiger partial charge in [-0.2, -0.15) is 0 Å². The maximum absolute atomic E-state index is 11.6. The summed E-state index contributed by atoms with van der Waals surface area (Å²) in [5.74, 6) is -1.45. The molecule has 0 bridgehead atoms. The maximum Gasteiger partial charge on any atom is 0.344 e. The van der Waals surface area contributed by atoms with Crippen molar-refractivity contribution < 1.29 is 24.0 Å². The van der Waals surface area contributed by atoms with Crippen LogP contribution in [0.3, 0.4) is 0 Å². The molecule has 0 saturated heterocycles. The van der Waals surface area contributed by atoms with Gasteiger partial charge in [0.15, 0.2) is 0 Å². The van der Waals surface area contributed by atoms with Crippen LogP contribution in [0.5, 0.6) is 0 Å². The Morgan fingerprint density at radius 1 is 1.27 bits per heavy atom. The van der Waals surface area contributed by atoms with Crippen LogP contribution in [-0.2, 0) is 14.3 Å². The third kappa shape index (κ3) is 4.69. The van der Waals surface area contributed by atoms with Crippen molar-refractivity contribution in [2.45, 2.75) is 26.4 Å². The number of benzene rings is 1. The van der Waals surface area contributed by atoms with E-state index in [1.165, 1.54) is 24.3 Å².